The first-order valence-electron chi connectivity index (χ1n) is 5.96. The number of hydrogen-bond acceptors (Lipinski definition) is 3. The zero-order valence-electron chi connectivity index (χ0n) is 10.9. The van der Waals surface area contributed by atoms with Gasteiger partial charge in [0.1, 0.15) is 5.75 Å². The minimum atomic E-state index is 0.685. The number of ether oxygens (including phenoxy) is 1. The molecule has 0 fully saturated rings. The van der Waals surface area contributed by atoms with Crippen LogP contribution in [0.25, 0.3) is 0 Å². The quantitative estimate of drug-likeness (QED) is 0.756. The monoisotopic (exact) mass is 232 g/mol. The first-order valence-corrected chi connectivity index (χ1v) is 5.96. The van der Waals surface area contributed by atoms with E-state index >= 15 is 0 Å². The molecule has 0 aliphatic rings. The third kappa shape index (κ3) is 4.08. The zero-order chi connectivity index (χ0) is 12.7. The van der Waals surface area contributed by atoms with Crippen molar-refractivity contribution in [3.8, 4) is 11.8 Å². The lowest BCUT2D eigenvalue weighted by atomic mass is 10.1. The molecule has 0 unspecified atom stereocenters. The Labute approximate surface area is 104 Å². The van der Waals surface area contributed by atoms with E-state index in [0.29, 0.717) is 5.56 Å². The van der Waals surface area contributed by atoms with Gasteiger partial charge >= 0.3 is 0 Å². The molecule has 0 saturated carbocycles. The van der Waals surface area contributed by atoms with Crippen molar-refractivity contribution in [2.75, 3.05) is 20.7 Å². The van der Waals surface area contributed by atoms with Crippen LogP contribution in [0.15, 0.2) is 18.2 Å². The smallest absolute Gasteiger partial charge is 0.123 e. The largest absolute Gasteiger partial charge is 0.496 e. The second-order valence-electron chi connectivity index (χ2n) is 4.23. The molecule has 0 saturated heterocycles. The molecule has 0 aromatic heterocycles. The summed E-state index contributed by atoms with van der Waals surface area (Å²) in [6, 6.07) is 7.71. The maximum atomic E-state index is 8.90. The lowest BCUT2D eigenvalue weighted by Gasteiger charge is -2.18. The molecule has 0 aliphatic carbocycles. The predicted molar refractivity (Wildman–Crippen MR) is 69.0 cm³/mol. The first kappa shape index (κ1) is 13.5. The third-order valence-corrected chi connectivity index (χ3v) is 2.74. The molecule has 0 amide bonds. The summed E-state index contributed by atoms with van der Waals surface area (Å²) in [5.41, 5.74) is 1.76. The highest BCUT2D eigenvalue weighted by Gasteiger charge is 2.07. The van der Waals surface area contributed by atoms with E-state index in [9.17, 15) is 0 Å². The molecule has 0 aliphatic heterocycles. The maximum absolute atomic E-state index is 8.90. The molecule has 1 aromatic carbocycles. The van der Waals surface area contributed by atoms with Crippen LogP contribution in [0.2, 0.25) is 0 Å². The molecule has 3 nitrogen and oxygen atoms in total. The molecule has 3 heteroatoms. The molecule has 0 heterocycles. The van der Waals surface area contributed by atoms with E-state index in [-0.39, 0.29) is 0 Å². The summed E-state index contributed by atoms with van der Waals surface area (Å²) in [6.45, 7) is 4.07. The fourth-order valence-electron chi connectivity index (χ4n) is 1.77. The fraction of sp³-hybridized carbons (Fsp3) is 0.500. The van der Waals surface area contributed by atoms with Crippen LogP contribution in [0, 0.1) is 11.3 Å². The minimum absolute atomic E-state index is 0.685. The number of methoxy groups -OCH3 is 1. The van der Waals surface area contributed by atoms with Gasteiger partial charge in [0, 0.05) is 12.1 Å². The molecular formula is C14H20N2O. The van der Waals surface area contributed by atoms with Gasteiger partial charge in [0.2, 0.25) is 0 Å². The lowest BCUT2D eigenvalue weighted by Crippen LogP contribution is -2.19. The molecule has 17 heavy (non-hydrogen) atoms. The van der Waals surface area contributed by atoms with Crippen LogP contribution < -0.4 is 4.74 Å². The highest BCUT2D eigenvalue weighted by Crippen LogP contribution is 2.21. The van der Waals surface area contributed by atoms with Gasteiger partial charge in [-0.2, -0.15) is 5.26 Å². The van der Waals surface area contributed by atoms with Gasteiger partial charge in [0.15, 0.2) is 0 Å². The third-order valence-electron chi connectivity index (χ3n) is 2.74. The van der Waals surface area contributed by atoms with Crippen molar-refractivity contribution in [2.24, 2.45) is 0 Å². The molecule has 0 bridgehead atoms. The Morgan fingerprint density at radius 1 is 1.41 bits per heavy atom. The van der Waals surface area contributed by atoms with E-state index in [1.165, 1.54) is 12.8 Å². The van der Waals surface area contributed by atoms with Gasteiger partial charge in [0.05, 0.1) is 18.7 Å². The summed E-state index contributed by atoms with van der Waals surface area (Å²) >= 11 is 0. The van der Waals surface area contributed by atoms with Gasteiger partial charge in [-0.15, -0.1) is 0 Å². The standard InChI is InChI=1S/C14H20N2O/c1-4-5-8-16(2)11-13-9-12(10-15)6-7-14(13)17-3/h6-7,9H,4-5,8,11H2,1-3H3. The van der Waals surface area contributed by atoms with Crippen molar-refractivity contribution in [2.45, 2.75) is 26.3 Å². The van der Waals surface area contributed by atoms with Crippen LogP contribution in [-0.4, -0.2) is 25.6 Å². The summed E-state index contributed by atoms with van der Waals surface area (Å²) < 4.78 is 5.31. The van der Waals surface area contributed by atoms with Gasteiger partial charge in [-0.05, 0) is 38.2 Å². The number of nitrogens with zero attached hydrogens (tertiary/aromatic N) is 2. The summed E-state index contributed by atoms with van der Waals surface area (Å²) in [4.78, 5) is 2.25. The van der Waals surface area contributed by atoms with Gasteiger partial charge in [-0.3, -0.25) is 0 Å². The summed E-state index contributed by atoms with van der Waals surface area (Å²) in [5, 5.41) is 8.90. The Morgan fingerprint density at radius 3 is 2.76 bits per heavy atom. The van der Waals surface area contributed by atoms with E-state index in [1.807, 2.05) is 12.1 Å². The second kappa shape index (κ2) is 6.93. The summed E-state index contributed by atoms with van der Waals surface area (Å²) in [6.07, 6.45) is 2.39. The SMILES string of the molecule is CCCCN(C)Cc1cc(C#N)ccc1OC. The number of unbranched alkanes of at least 4 members (excludes halogenated alkanes) is 1. The number of nitriles is 1. The molecule has 1 aromatic rings. The number of hydrogen-bond donors (Lipinski definition) is 0. The van der Waals surface area contributed by atoms with Crippen LogP contribution in [0.1, 0.15) is 30.9 Å². The minimum Gasteiger partial charge on any atom is -0.496 e. The van der Waals surface area contributed by atoms with E-state index in [0.717, 1.165) is 24.4 Å². The van der Waals surface area contributed by atoms with Crippen molar-refractivity contribution >= 4 is 0 Å². The highest BCUT2D eigenvalue weighted by atomic mass is 16.5. The topological polar surface area (TPSA) is 36.3 Å². The van der Waals surface area contributed by atoms with Crippen LogP contribution in [-0.2, 0) is 6.54 Å². The molecule has 0 atom stereocenters. The fourth-order valence-corrected chi connectivity index (χ4v) is 1.77. The number of rotatable bonds is 6. The molecule has 0 radical (unpaired) electrons. The Bertz CT molecular complexity index is 396. The Hall–Kier alpha value is -1.53. The highest BCUT2D eigenvalue weighted by molar-refractivity contribution is 5.41. The van der Waals surface area contributed by atoms with Gasteiger partial charge in [-0.1, -0.05) is 13.3 Å². The van der Waals surface area contributed by atoms with Crippen LogP contribution in [0.3, 0.4) is 0 Å². The Balaban J connectivity index is 2.77. The van der Waals surface area contributed by atoms with E-state index in [1.54, 1.807) is 13.2 Å². The average molecular weight is 232 g/mol. The average Bonchev–Trinajstić information content (AvgIpc) is 2.36. The Morgan fingerprint density at radius 2 is 2.18 bits per heavy atom. The normalized spacial score (nSPS) is 10.3. The number of benzene rings is 1. The Kier molecular flexibility index (Phi) is 5.51. The van der Waals surface area contributed by atoms with E-state index in [4.69, 9.17) is 10.00 Å². The molecular weight excluding hydrogens is 212 g/mol. The molecule has 92 valence electrons. The van der Waals surface area contributed by atoms with Crippen molar-refractivity contribution < 1.29 is 4.74 Å². The van der Waals surface area contributed by atoms with Crippen molar-refractivity contribution in [1.29, 1.82) is 5.26 Å². The van der Waals surface area contributed by atoms with Crippen molar-refractivity contribution in [3.63, 3.8) is 0 Å². The van der Waals surface area contributed by atoms with Gasteiger partial charge in [0.25, 0.3) is 0 Å². The predicted octanol–water partition coefficient (Wildman–Crippen LogP) is 2.80. The maximum Gasteiger partial charge on any atom is 0.123 e. The van der Waals surface area contributed by atoms with Gasteiger partial charge in [-0.25, -0.2) is 0 Å². The molecule has 0 spiro atoms. The molecule has 1 rings (SSSR count). The van der Waals surface area contributed by atoms with E-state index < -0.39 is 0 Å². The summed E-state index contributed by atoms with van der Waals surface area (Å²) in [7, 11) is 3.76. The van der Waals surface area contributed by atoms with Crippen molar-refractivity contribution in [1.82, 2.24) is 4.90 Å². The van der Waals surface area contributed by atoms with Crippen LogP contribution in [0.4, 0.5) is 0 Å². The second-order valence-corrected chi connectivity index (χ2v) is 4.23. The first-order chi connectivity index (χ1) is 8.21. The summed E-state index contributed by atoms with van der Waals surface area (Å²) in [5.74, 6) is 0.854. The van der Waals surface area contributed by atoms with Crippen LogP contribution in [0.5, 0.6) is 5.75 Å². The van der Waals surface area contributed by atoms with Gasteiger partial charge < -0.3 is 9.64 Å². The van der Waals surface area contributed by atoms with E-state index in [2.05, 4.69) is 24.9 Å². The zero-order valence-corrected chi connectivity index (χ0v) is 10.9. The lowest BCUT2D eigenvalue weighted by molar-refractivity contribution is 0.312. The van der Waals surface area contributed by atoms with Crippen LogP contribution >= 0.6 is 0 Å². The van der Waals surface area contributed by atoms with Crippen molar-refractivity contribution in [3.05, 3.63) is 29.3 Å². The molecule has 0 N–H and O–H groups in total.